The van der Waals surface area contributed by atoms with Crippen molar-refractivity contribution < 1.29 is 23.9 Å². The van der Waals surface area contributed by atoms with Gasteiger partial charge in [0.25, 0.3) is 0 Å². The van der Waals surface area contributed by atoms with Gasteiger partial charge in [-0.05, 0) is 11.5 Å². The predicted molar refractivity (Wildman–Crippen MR) is 98.6 cm³/mol. The Labute approximate surface area is 157 Å². The molecule has 0 radical (unpaired) electrons. The molecule has 1 aliphatic heterocycles. The highest BCUT2D eigenvalue weighted by Gasteiger charge is 2.38. The van der Waals surface area contributed by atoms with Crippen LogP contribution in [-0.2, 0) is 25.7 Å². The van der Waals surface area contributed by atoms with E-state index < -0.39 is 29.5 Å². The number of ether oxygens (including phenoxy) is 2. The third-order valence-corrected chi connectivity index (χ3v) is 5.21. The summed E-state index contributed by atoms with van der Waals surface area (Å²) in [5.74, 6) is -0.254. The van der Waals surface area contributed by atoms with E-state index in [9.17, 15) is 14.4 Å². The van der Waals surface area contributed by atoms with Crippen LogP contribution in [0.4, 0.5) is 4.79 Å². The zero-order valence-corrected chi connectivity index (χ0v) is 15.9. The average Bonchev–Trinajstić information content (AvgIpc) is 3.14. The third kappa shape index (κ3) is 5.47. The molecule has 3 atom stereocenters. The minimum absolute atomic E-state index is 0.119. The highest BCUT2D eigenvalue weighted by Crippen LogP contribution is 2.23. The van der Waals surface area contributed by atoms with E-state index in [0.29, 0.717) is 5.75 Å². The number of thioether (sulfide) groups is 1. The Kier molecular flexibility index (Phi) is 7.47. The molecule has 8 heteroatoms. The molecule has 0 aromatic heterocycles. The maximum atomic E-state index is 12.7. The molecule has 1 aromatic carbocycles. The van der Waals surface area contributed by atoms with E-state index in [1.54, 1.807) is 0 Å². The maximum Gasteiger partial charge on any atom is 0.408 e. The van der Waals surface area contributed by atoms with Crippen LogP contribution in [0.1, 0.15) is 19.4 Å². The minimum Gasteiger partial charge on any atom is -0.468 e. The monoisotopic (exact) mass is 380 g/mol. The van der Waals surface area contributed by atoms with Gasteiger partial charge in [0, 0.05) is 5.75 Å². The molecule has 0 spiro atoms. The topological polar surface area (TPSA) is 93.7 Å². The molecule has 0 bridgehead atoms. The molecule has 0 aliphatic carbocycles. The van der Waals surface area contributed by atoms with Crippen molar-refractivity contribution in [3.63, 3.8) is 0 Å². The lowest BCUT2D eigenvalue weighted by molar-refractivity contribution is -0.142. The second-order valence-electron chi connectivity index (χ2n) is 6.29. The lowest BCUT2D eigenvalue weighted by Crippen LogP contribution is -2.51. The SMILES string of the molecule is COC(=O)[C@@H]1CSC(C(=O)[C@@H](NC(=O)OCc2ccccc2)C(C)C)N1. The Balaban J connectivity index is 1.90. The van der Waals surface area contributed by atoms with Crippen LogP contribution in [0.15, 0.2) is 30.3 Å². The molecule has 1 fully saturated rings. The molecule has 1 unspecified atom stereocenters. The molecule has 2 rings (SSSR count). The summed E-state index contributed by atoms with van der Waals surface area (Å²) in [5.41, 5.74) is 0.865. The molecule has 1 amide bonds. The van der Waals surface area contributed by atoms with Crippen molar-refractivity contribution in [3.8, 4) is 0 Å². The highest BCUT2D eigenvalue weighted by atomic mass is 32.2. The maximum absolute atomic E-state index is 12.7. The van der Waals surface area contributed by atoms with E-state index in [-0.39, 0.29) is 18.3 Å². The quantitative estimate of drug-likeness (QED) is 0.696. The van der Waals surface area contributed by atoms with Gasteiger partial charge in [0.1, 0.15) is 18.0 Å². The number of nitrogens with one attached hydrogen (secondary N) is 2. The van der Waals surface area contributed by atoms with Crippen molar-refractivity contribution in [2.45, 2.75) is 37.9 Å². The van der Waals surface area contributed by atoms with Crippen molar-refractivity contribution in [1.82, 2.24) is 10.6 Å². The van der Waals surface area contributed by atoms with Crippen molar-refractivity contribution in [3.05, 3.63) is 35.9 Å². The first kappa shape index (κ1) is 20.3. The second-order valence-corrected chi connectivity index (χ2v) is 7.42. The Morgan fingerprint density at radius 1 is 1.27 bits per heavy atom. The largest absolute Gasteiger partial charge is 0.468 e. The van der Waals surface area contributed by atoms with Gasteiger partial charge in [0.15, 0.2) is 5.78 Å². The van der Waals surface area contributed by atoms with Gasteiger partial charge in [-0.25, -0.2) is 4.79 Å². The number of esters is 1. The smallest absolute Gasteiger partial charge is 0.408 e. The summed E-state index contributed by atoms with van der Waals surface area (Å²) < 4.78 is 9.89. The number of hydrogen-bond donors (Lipinski definition) is 2. The molecular weight excluding hydrogens is 356 g/mol. The summed E-state index contributed by atoms with van der Waals surface area (Å²) in [6, 6.07) is 8.08. The van der Waals surface area contributed by atoms with E-state index in [2.05, 4.69) is 10.6 Å². The van der Waals surface area contributed by atoms with Crippen LogP contribution >= 0.6 is 11.8 Å². The van der Waals surface area contributed by atoms with Crippen LogP contribution in [0.25, 0.3) is 0 Å². The zero-order chi connectivity index (χ0) is 19.1. The number of hydrogen-bond acceptors (Lipinski definition) is 7. The molecule has 142 valence electrons. The molecule has 1 aliphatic rings. The number of alkyl carbamates (subject to hydrolysis) is 1. The average molecular weight is 380 g/mol. The molecule has 26 heavy (non-hydrogen) atoms. The normalized spacial score (nSPS) is 20.5. The van der Waals surface area contributed by atoms with Crippen LogP contribution in [0, 0.1) is 5.92 Å². The molecule has 2 N–H and O–H groups in total. The van der Waals surface area contributed by atoms with E-state index in [1.807, 2.05) is 44.2 Å². The Bertz CT molecular complexity index is 638. The summed E-state index contributed by atoms with van der Waals surface area (Å²) in [6.45, 7) is 3.82. The van der Waals surface area contributed by atoms with E-state index >= 15 is 0 Å². The standard InChI is InChI=1S/C18H24N2O5S/c1-11(2)14(15(21)16-19-13(10-26-16)17(22)24-3)20-18(23)25-9-12-7-5-4-6-8-12/h4-8,11,13-14,16,19H,9-10H2,1-3H3,(H,20,23)/t13-,14-,16?/m0/s1. The molecule has 0 saturated carbocycles. The lowest BCUT2D eigenvalue weighted by atomic mass is 9.99. The summed E-state index contributed by atoms with van der Waals surface area (Å²) >= 11 is 1.33. The summed E-state index contributed by atoms with van der Waals surface area (Å²) in [4.78, 5) is 36.4. The Morgan fingerprint density at radius 2 is 1.96 bits per heavy atom. The predicted octanol–water partition coefficient (Wildman–Crippen LogP) is 1.71. The van der Waals surface area contributed by atoms with Gasteiger partial charge < -0.3 is 14.8 Å². The fourth-order valence-corrected chi connectivity index (χ4v) is 3.72. The van der Waals surface area contributed by atoms with Gasteiger partial charge >= 0.3 is 12.1 Å². The van der Waals surface area contributed by atoms with Gasteiger partial charge in [0.2, 0.25) is 0 Å². The van der Waals surface area contributed by atoms with Crippen LogP contribution in [0.2, 0.25) is 0 Å². The molecule has 1 heterocycles. The molecule has 1 saturated heterocycles. The first-order valence-corrected chi connectivity index (χ1v) is 9.43. The van der Waals surface area contributed by atoms with Gasteiger partial charge in [-0.15, -0.1) is 11.8 Å². The van der Waals surface area contributed by atoms with Crippen LogP contribution in [0.3, 0.4) is 0 Å². The van der Waals surface area contributed by atoms with Crippen LogP contribution < -0.4 is 10.6 Å². The zero-order valence-electron chi connectivity index (χ0n) is 15.1. The van der Waals surface area contributed by atoms with Crippen molar-refractivity contribution in [1.29, 1.82) is 0 Å². The molecular formula is C18H24N2O5S. The molecule has 1 aromatic rings. The number of carbonyl (C=O) groups is 3. The van der Waals surface area contributed by atoms with E-state index in [0.717, 1.165) is 5.56 Å². The summed E-state index contributed by atoms with van der Waals surface area (Å²) in [6.07, 6.45) is -0.645. The number of benzene rings is 1. The Morgan fingerprint density at radius 3 is 2.58 bits per heavy atom. The van der Waals surface area contributed by atoms with Gasteiger partial charge in [0.05, 0.1) is 13.2 Å². The summed E-state index contributed by atoms with van der Waals surface area (Å²) in [5, 5.41) is 5.03. The van der Waals surface area contributed by atoms with E-state index in [4.69, 9.17) is 9.47 Å². The van der Waals surface area contributed by atoms with Crippen molar-refractivity contribution in [2.24, 2.45) is 5.92 Å². The number of methoxy groups -OCH3 is 1. The number of Topliss-reactive ketones (excluding diaryl/α,β-unsaturated/α-hetero) is 1. The second kappa shape index (κ2) is 9.59. The van der Waals surface area contributed by atoms with Gasteiger partial charge in [-0.2, -0.15) is 0 Å². The van der Waals surface area contributed by atoms with Crippen LogP contribution in [0.5, 0.6) is 0 Å². The lowest BCUT2D eigenvalue weighted by Gasteiger charge is -2.23. The minimum atomic E-state index is -0.709. The van der Waals surface area contributed by atoms with Crippen LogP contribution in [-0.4, -0.2) is 48.2 Å². The fourth-order valence-electron chi connectivity index (χ4n) is 2.54. The summed E-state index contributed by atoms with van der Waals surface area (Å²) in [7, 11) is 1.31. The fraction of sp³-hybridized carbons (Fsp3) is 0.500. The van der Waals surface area contributed by atoms with E-state index in [1.165, 1.54) is 18.9 Å². The number of ketones is 1. The molecule has 7 nitrogen and oxygen atoms in total. The van der Waals surface area contributed by atoms with Crippen molar-refractivity contribution >= 4 is 29.6 Å². The first-order chi connectivity index (χ1) is 12.4. The highest BCUT2D eigenvalue weighted by molar-refractivity contribution is 8.00. The third-order valence-electron chi connectivity index (χ3n) is 3.99. The number of rotatable bonds is 7. The van der Waals surface area contributed by atoms with Crippen molar-refractivity contribution in [2.75, 3.05) is 12.9 Å². The van der Waals surface area contributed by atoms with Gasteiger partial charge in [-0.3, -0.25) is 14.9 Å². The number of carbonyl (C=O) groups excluding carboxylic acids is 3. The number of amides is 1. The Hall–Kier alpha value is -2.06. The van der Waals surface area contributed by atoms with Gasteiger partial charge in [-0.1, -0.05) is 44.2 Å². The first-order valence-electron chi connectivity index (χ1n) is 8.38.